The van der Waals surface area contributed by atoms with Gasteiger partial charge in [-0.25, -0.2) is 0 Å². The molecule has 5 heteroatoms. The molecular formula is C65H120O5. The van der Waals surface area contributed by atoms with E-state index >= 15 is 0 Å². The van der Waals surface area contributed by atoms with Crippen molar-refractivity contribution < 1.29 is 23.8 Å². The standard InChI is InChI=1S/C65H120O5/c1-4-7-10-13-16-19-22-25-28-31-33-35-37-40-43-46-49-52-55-58-64(66)69-62-63(61-68-60-57-54-51-48-45-42-39-30-27-24-21-18-15-12-9-6-3)70-65(67)59-56-53-50-47-44-41-38-36-34-32-29-26-23-20-17-14-11-8-5-2/h9,12,18,21,25,27-28,30,63H,4-8,10-11,13-17,19-20,22-24,26,29,31-62H2,1-3H3/b12-9-,21-18-,28-25-,30-27-. The number of hydrogen-bond donors (Lipinski definition) is 0. The Labute approximate surface area is 437 Å². The SMILES string of the molecule is CC/C=C\C/C=C\C/C=C\CCCCCCCCOCC(COC(=O)CCCCCCCCCCC/C=C\CCCCCCCC)OC(=O)CCCCCCCCCCCCCCCCCCCCC. The van der Waals surface area contributed by atoms with Crippen LogP contribution in [0.3, 0.4) is 0 Å². The van der Waals surface area contributed by atoms with E-state index in [0.29, 0.717) is 19.4 Å². The van der Waals surface area contributed by atoms with Crippen LogP contribution in [0.4, 0.5) is 0 Å². The fourth-order valence-electron chi connectivity index (χ4n) is 9.23. The predicted octanol–water partition coefficient (Wildman–Crippen LogP) is 21.5. The summed E-state index contributed by atoms with van der Waals surface area (Å²) in [6, 6.07) is 0. The Morgan fingerprint density at radius 3 is 1.04 bits per heavy atom. The maximum atomic E-state index is 12.9. The van der Waals surface area contributed by atoms with Crippen LogP contribution in [0.2, 0.25) is 0 Å². The second-order valence-corrected chi connectivity index (χ2v) is 20.9. The zero-order valence-electron chi connectivity index (χ0n) is 47.3. The van der Waals surface area contributed by atoms with Crippen LogP contribution in [0.15, 0.2) is 48.6 Å². The van der Waals surface area contributed by atoms with E-state index in [1.54, 1.807) is 0 Å². The molecule has 0 aliphatic heterocycles. The first-order valence-corrected chi connectivity index (χ1v) is 31.2. The highest BCUT2D eigenvalue weighted by atomic mass is 16.6. The highest BCUT2D eigenvalue weighted by molar-refractivity contribution is 5.70. The van der Waals surface area contributed by atoms with Gasteiger partial charge in [0.2, 0.25) is 0 Å². The van der Waals surface area contributed by atoms with Crippen LogP contribution >= 0.6 is 0 Å². The normalized spacial score (nSPS) is 12.4. The molecule has 0 spiro atoms. The molecule has 0 amide bonds. The zero-order chi connectivity index (χ0) is 50.6. The minimum absolute atomic E-state index is 0.0831. The number of esters is 2. The van der Waals surface area contributed by atoms with Gasteiger partial charge in [-0.1, -0.05) is 288 Å². The molecule has 0 aromatic carbocycles. The predicted molar refractivity (Wildman–Crippen MR) is 307 cm³/mol. The number of unbranched alkanes of at least 4 members (excludes halogenated alkanes) is 39. The summed E-state index contributed by atoms with van der Waals surface area (Å²) >= 11 is 0. The zero-order valence-corrected chi connectivity index (χ0v) is 47.3. The largest absolute Gasteiger partial charge is 0.462 e. The Morgan fingerprint density at radius 2 is 0.643 bits per heavy atom. The fourth-order valence-corrected chi connectivity index (χ4v) is 9.23. The van der Waals surface area contributed by atoms with Crippen molar-refractivity contribution in [3.8, 4) is 0 Å². The molecule has 1 atom stereocenters. The third-order valence-corrected chi connectivity index (χ3v) is 13.8. The highest BCUT2D eigenvalue weighted by Gasteiger charge is 2.18. The van der Waals surface area contributed by atoms with Gasteiger partial charge in [0.05, 0.1) is 6.61 Å². The maximum Gasteiger partial charge on any atom is 0.306 e. The highest BCUT2D eigenvalue weighted by Crippen LogP contribution is 2.17. The molecule has 0 saturated heterocycles. The molecular weight excluding hydrogens is 861 g/mol. The Morgan fingerprint density at radius 1 is 0.329 bits per heavy atom. The van der Waals surface area contributed by atoms with Crippen LogP contribution in [-0.2, 0) is 23.8 Å². The lowest BCUT2D eigenvalue weighted by molar-refractivity contribution is -0.163. The quantitative estimate of drug-likeness (QED) is 0.0345. The van der Waals surface area contributed by atoms with E-state index in [4.69, 9.17) is 14.2 Å². The molecule has 0 aromatic heterocycles. The number of carbonyl (C=O) groups excluding carboxylic acids is 2. The van der Waals surface area contributed by atoms with Gasteiger partial charge in [-0.05, 0) is 77.0 Å². The van der Waals surface area contributed by atoms with E-state index in [9.17, 15) is 9.59 Å². The summed E-state index contributed by atoms with van der Waals surface area (Å²) < 4.78 is 17.5. The summed E-state index contributed by atoms with van der Waals surface area (Å²) in [7, 11) is 0. The van der Waals surface area contributed by atoms with Crippen molar-refractivity contribution in [1.82, 2.24) is 0 Å². The molecule has 0 N–H and O–H groups in total. The number of ether oxygens (including phenoxy) is 3. The summed E-state index contributed by atoms with van der Waals surface area (Å²) in [5.74, 6) is -0.387. The molecule has 0 bridgehead atoms. The average molecular weight is 982 g/mol. The Kier molecular flexibility index (Phi) is 59.3. The molecule has 410 valence electrons. The van der Waals surface area contributed by atoms with E-state index in [0.717, 1.165) is 64.2 Å². The van der Waals surface area contributed by atoms with E-state index in [2.05, 4.69) is 69.4 Å². The molecule has 0 aliphatic rings. The molecule has 0 saturated carbocycles. The first kappa shape index (κ1) is 67.9. The van der Waals surface area contributed by atoms with Crippen LogP contribution < -0.4 is 0 Å². The number of rotatable bonds is 58. The minimum Gasteiger partial charge on any atom is -0.462 e. The smallest absolute Gasteiger partial charge is 0.306 e. The molecule has 0 heterocycles. The van der Waals surface area contributed by atoms with Crippen molar-refractivity contribution in [2.24, 2.45) is 0 Å². The summed E-state index contributed by atoms with van der Waals surface area (Å²) in [4.78, 5) is 25.6. The molecule has 0 rings (SSSR count). The van der Waals surface area contributed by atoms with Crippen molar-refractivity contribution in [2.75, 3.05) is 19.8 Å². The Balaban J connectivity index is 4.24. The molecule has 0 fully saturated rings. The van der Waals surface area contributed by atoms with Gasteiger partial charge in [-0.3, -0.25) is 9.59 Å². The molecule has 70 heavy (non-hydrogen) atoms. The first-order valence-electron chi connectivity index (χ1n) is 31.2. The van der Waals surface area contributed by atoms with Crippen molar-refractivity contribution >= 4 is 11.9 Å². The van der Waals surface area contributed by atoms with Crippen molar-refractivity contribution in [3.63, 3.8) is 0 Å². The molecule has 1 unspecified atom stereocenters. The van der Waals surface area contributed by atoms with Crippen molar-refractivity contribution in [1.29, 1.82) is 0 Å². The molecule has 0 radical (unpaired) electrons. The maximum absolute atomic E-state index is 12.9. The molecule has 0 aliphatic carbocycles. The topological polar surface area (TPSA) is 61.8 Å². The molecule has 0 aromatic rings. The molecule has 5 nitrogen and oxygen atoms in total. The van der Waals surface area contributed by atoms with E-state index in [-0.39, 0.29) is 25.2 Å². The fraction of sp³-hybridized carbons (Fsp3) is 0.846. The van der Waals surface area contributed by atoms with Gasteiger partial charge in [0, 0.05) is 19.4 Å². The van der Waals surface area contributed by atoms with E-state index in [1.807, 2.05) is 0 Å². The van der Waals surface area contributed by atoms with Gasteiger partial charge in [0.15, 0.2) is 6.10 Å². The lowest BCUT2D eigenvalue weighted by Crippen LogP contribution is -2.30. The minimum atomic E-state index is -0.542. The van der Waals surface area contributed by atoms with Gasteiger partial charge >= 0.3 is 11.9 Å². The number of allylic oxidation sites excluding steroid dienone is 8. The van der Waals surface area contributed by atoms with E-state index < -0.39 is 6.10 Å². The van der Waals surface area contributed by atoms with Crippen LogP contribution in [-0.4, -0.2) is 37.9 Å². The Hall–Kier alpha value is -2.14. The van der Waals surface area contributed by atoms with Crippen LogP contribution in [0.25, 0.3) is 0 Å². The van der Waals surface area contributed by atoms with Gasteiger partial charge in [-0.15, -0.1) is 0 Å². The van der Waals surface area contributed by atoms with Gasteiger partial charge in [0.1, 0.15) is 6.61 Å². The lowest BCUT2D eigenvalue weighted by atomic mass is 10.0. The lowest BCUT2D eigenvalue weighted by Gasteiger charge is -2.18. The second kappa shape index (κ2) is 61.2. The summed E-state index contributed by atoms with van der Waals surface area (Å²) in [5, 5.41) is 0. The van der Waals surface area contributed by atoms with Crippen LogP contribution in [0, 0.1) is 0 Å². The van der Waals surface area contributed by atoms with Crippen LogP contribution in [0.5, 0.6) is 0 Å². The van der Waals surface area contributed by atoms with Gasteiger partial charge < -0.3 is 14.2 Å². The summed E-state index contributed by atoms with van der Waals surface area (Å²) in [5.41, 5.74) is 0. The van der Waals surface area contributed by atoms with Crippen LogP contribution in [0.1, 0.15) is 329 Å². The van der Waals surface area contributed by atoms with E-state index in [1.165, 1.54) is 231 Å². The summed E-state index contributed by atoms with van der Waals surface area (Å²) in [6.45, 7) is 7.75. The third kappa shape index (κ3) is 58.4. The van der Waals surface area contributed by atoms with Crippen molar-refractivity contribution in [3.05, 3.63) is 48.6 Å². The Bertz CT molecular complexity index is 1150. The monoisotopic (exact) mass is 981 g/mol. The first-order chi connectivity index (χ1) is 34.6. The van der Waals surface area contributed by atoms with Gasteiger partial charge in [0.25, 0.3) is 0 Å². The van der Waals surface area contributed by atoms with Crippen molar-refractivity contribution in [2.45, 2.75) is 335 Å². The third-order valence-electron chi connectivity index (χ3n) is 13.8. The number of carbonyl (C=O) groups is 2. The number of hydrogen-bond acceptors (Lipinski definition) is 5. The average Bonchev–Trinajstić information content (AvgIpc) is 3.36. The second-order valence-electron chi connectivity index (χ2n) is 20.9. The van der Waals surface area contributed by atoms with Gasteiger partial charge in [-0.2, -0.15) is 0 Å². The summed E-state index contributed by atoms with van der Waals surface area (Å²) in [6.07, 6.45) is 77.2.